The van der Waals surface area contributed by atoms with Crippen molar-refractivity contribution < 1.29 is 26.7 Å². The zero-order valence-corrected chi connectivity index (χ0v) is 16.3. The lowest BCUT2D eigenvalue weighted by Gasteiger charge is -2.12. The maximum Gasteiger partial charge on any atom is 0.446 e. The Morgan fingerprint density at radius 3 is 1.83 bits per heavy atom. The third kappa shape index (κ3) is 7.17. The molecule has 152 valence electrons. The number of hydrogen-bond acceptors (Lipinski definition) is 6. The Morgan fingerprint density at radius 1 is 0.931 bits per heavy atom. The van der Waals surface area contributed by atoms with Crippen LogP contribution in [-0.2, 0) is 15.2 Å². The average molecular weight is 416 g/mol. The normalized spacial score (nSPS) is 12.1. The van der Waals surface area contributed by atoms with Gasteiger partial charge in [0, 0.05) is 0 Å². The lowest BCUT2D eigenvalue weighted by atomic mass is 10.1. The summed E-state index contributed by atoms with van der Waals surface area (Å²) in [6.07, 6.45) is 5.48. The van der Waals surface area contributed by atoms with Gasteiger partial charge in [0.1, 0.15) is 11.5 Å². The van der Waals surface area contributed by atoms with Gasteiger partial charge in [0.2, 0.25) is 6.41 Å². The zero-order valence-electron chi connectivity index (χ0n) is 15.5. The van der Waals surface area contributed by atoms with E-state index in [4.69, 9.17) is 9.29 Å². The zero-order chi connectivity index (χ0) is 21.3. The van der Waals surface area contributed by atoms with Gasteiger partial charge >= 0.3 is 10.4 Å². The average Bonchev–Trinajstić information content (AvgIpc) is 2.68. The van der Waals surface area contributed by atoms with E-state index < -0.39 is 10.4 Å². The molecule has 2 aromatic rings. The van der Waals surface area contributed by atoms with Crippen molar-refractivity contribution in [2.24, 2.45) is 0 Å². The summed E-state index contributed by atoms with van der Waals surface area (Å²) in [5, 5.41) is 5.60. The number of carbonyl (C=O) groups is 1. The highest BCUT2D eigenvalue weighted by atomic mass is 32.3. The molecule has 0 heterocycles. The van der Waals surface area contributed by atoms with Gasteiger partial charge < -0.3 is 19.6 Å². The van der Waals surface area contributed by atoms with E-state index in [-0.39, 0.29) is 5.75 Å². The summed E-state index contributed by atoms with van der Waals surface area (Å²) in [4.78, 5) is 11.1. The fourth-order valence-electron chi connectivity index (χ4n) is 2.34. The number of carbonyl (C=O) groups excluding carboxylic acids is 1. The molecule has 0 aromatic heterocycles. The monoisotopic (exact) mass is 416 g/mol. The molecule has 29 heavy (non-hydrogen) atoms. The minimum Gasteiger partial charge on any atom is -0.497 e. The number of hydrogen-bond donors (Lipinski definition) is 3. The molecule has 0 bridgehead atoms. The number of ether oxygens (including phenoxy) is 1. The minimum absolute atomic E-state index is 0.0390. The van der Waals surface area contributed by atoms with Crippen LogP contribution in [0.5, 0.6) is 11.5 Å². The van der Waals surface area contributed by atoms with Gasteiger partial charge in [0.25, 0.3) is 0 Å². The van der Waals surface area contributed by atoms with Crippen molar-refractivity contribution in [2.45, 2.75) is 0 Å². The van der Waals surface area contributed by atoms with Gasteiger partial charge in [0.15, 0.2) is 0 Å². The molecular weight excluding hydrogens is 396 g/mol. The molecule has 9 heteroatoms. The minimum atomic E-state index is -4.59. The lowest BCUT2D eigenvalue weighted by molar-refractivity contribution is -0.108. The lowest BCUT2D eigenvalue weighted by Crippen LogP contribution is -2.19. The van der Waals surface area contributed by atoms with Crippen LogP contribution in [0.1, 0.15) is 11.1 Å². The van der Waals surface area contributed by atoms with E-state index in [0.717, 1.165) is 5.56 Å². The van der Waals surface area contributed by atoms with Crippen LogP contribution in [0.4, 0.5) is 0 Å². The summed E-state index contributed by atoms with van der Waals surface area (Å²) in [6, 6.07) is 13.2. The van der Waals surface area contributed by atoms with Crippen LogP contribution >= 0.6 is 0 Å². The number of methoxy groups -OCH3 is 1. The number of amides is 1. The molecule has 0 unspecified atom stereocenters. The molecule has 0 fully saturated rings. The van der Waals surface area contributed by atoms with Crippen molar-refractivity contribution in [3.63, 3.8) is 0 Å². The van der Waals surface area contributed by atoms with E-state index in [1.54, 1.807) is 43.5 Å². The van der Waals surface area contributed by atoms with E-state index in [0.29, 0.717) is 29.1 Å². The molecule has 8 nitrogen and oxygen atoms in total. The van der Waals surface area contributed by atoms with E-state index in [1.165, 1.54) is 18.3 Å². The number of nitrogens with one attached hydrogen (secondary N) is 2. The van der Waals surface area contributed by atoms with Crippen LogP contribution in [0.2, 0.25) is 0 Å². The third-order valence-corrected chi connectivity index (χ3v) is 3.98. The highest BCUT2D eigenvalue weighted by molar-refractivity contribution is 7.81. The van der Waals surface area contributed by atoms with Gasteiger partial charge in [-0.1, -0.05) is 30.8 Å². The topological polar surface area (TPSA) is 114 Å². The molecule has 0 aliphatic rings. The SMILES string of the molecule is C=CNC(=C\c1ccc(OS(=O)(=O)O)cc1)/C(=C/c1ccc(OC)cc1)NC=O. The molecule has 1 amide bonds. The maximum absolute atomic E-state index is 11.1. The van der Waals surface area contributed by atoms with Crippen molar-refractivity contribution in [3.05, 3.63) is 83.8 Å². The van der Waals surface area contributed by atoms with E-state index in [9.17, 15) is 13.2 Å². The Morgan fingerprint density at radius 2 is 1.41 bits per heavy atom. The van der Waals surface area contributed by atoms with Gasteiger partial charge in [-0.2, -0.15) is 8.42 Å². The van der Waals surface area contributed by atoms with E-state index in [1.807, 2.05) is 12.1 Å². The Bertz CT molecular complexity index is 1010. The predicted molar refractivity (Wildman–Crippen MR) is 110 cm³/mol. The molecule has 0 atom stereocenters. The first-order valence-electron chi connectivity index (χ1n) is 8.27. The molecule has 2 rings (SSSR count). The molecule has 0 saturated carbocycles. The summed E-state index contributed by atoms with van der Waals surface area (Å²) in [7, 11) is -3.02. The fraction of sp³-hybridized carbons (Fsp3) is 0.0500. The van der Waals surface area contributed by atoms with Crippen molar-refractivity contribution >= 4 is 29.0 Å². The van der Waals surface area contributed by atoms with Crippen LogP contribution in [0, 0.1) is 0 Å². The van der Waals surface area contributed by atoms with Gasteiger partial charge in [-0.25, -0.2) is 0 Å². The van der Waals surface area contributed by atoms with Crippen LogP contribution < -0.4 is 19.6 Å². The smallest absolute Gasteiger partial charge is 0.446 e. The van der Waals surface area contributed by atoms with Crippen LogP contribution in [0.3, 0.4) is 0 Å². The first-order chi connectivity index (χ1) is 13.8. The highest BCUT2D eigenvalue weighted by Gasteiger charge is 2.08. The first-order valence-corrected chi connectivity index (χ1v) is 9.63. The van der Waals surface area contributed by atoms with Gasteiger partial charge in [-0.15, -0.1) is 0 Å². The summed E-state index contributed by atoms with van der Waals surface area (Å²) >= 11 is 0. The molecule has 0 spiro atoms. The third-order valence-electron chi connectivity index (χ3n) is 3.58. The Hall–Kier alpha value is -3.56. The fourth-order valence-corrected chi connectivity index (χ4v) is 2.70. The van der Waals surface area contributed by atoms with Crippen molar-refractivity contribution in [1.82, 2.24) is 10.6 Å². The summed E-state index contributed by atoms with van der Waals surface area (Å²) in [5.41, 5.74) is 2.50. The van der Waals surface area contributed by atoms with Gasteiger partial charge in [-0.05, 0) is 53.7 Å². The largest absolute Gasteiger partial charge is 0.497 e. The Balaban J connectivity index is 2.37. The van der Waals surface area contributed by atoms with E-state index in [2.05, 4.69) is 21.4 Å². The number of benzene rings is 2. The Labute approximate surface area is 169 Å². The van der Waals surface area contributed by atoms with Crippen LogP contribution in [-0.4, -0.2) is 26.5 Å². The molecular formula is C20H20N2O6S. The second kappa shape index (κ2) is 10.1. The molecule has 0 aliphatic heterocycles. The molecule has 2 aromatic carbocycles. The second-order valence-corrected chi connectivity index (χ2v) is 6.60. The number of rotatable bonds is 10. The van der Waals surface area contributed by atoms with Crippen molar-refractivity contribution in [1.29, 1.82) is 0 Å². The highest BCUT2D eigenvalue weighted by Crippen LogP contribution is 2.19. The second-order valence-electron chi connectivity index (χ2n) is 5.58. The Kier molecular flexibility index (Phi) is 7.58. The van der Waals surface area contributed by atoms with E-state index >= 15 is 0 Å². The first kappa shape index (κ1) is 21.7. The van der Waals surface area contributed by atoms with Crippen molar-refractivity contribution in [2.75, 3.05) is 7.11 Å². The predicted octanol–water partition coefficient (Wildman–Crippen LogP) is 2.74. The van der Waals surface area contributed by atoms with Crippen LogP contribution in [0.25, 0.3) is 12.2 Å². The van der Waals surface area contributed by atoms with Gasteiger partial charge in [0.05, 0.1) is 18.5 Å². The molecule has 0 radical (unpaired) electrons. The standard InChI is InChI=1S/C20H20N2O6S/c1-3-21-19(12-16-6-10-18(11-7-16)28-29(24,25)26)20(22-14-23)13-15-4-8-17(27-2)9-5-15/h3-14,21H,1H2,2H3,(H,22,23)(H,24,25,26)/b19-12-,20-13-. The van der Waals surface area contributed by atoms with Crippen molar-refractivity contribution in [3.8, 4) is 11.5 Å². The molecule has 0 saturated heterocycles. The maximum atomic E-state index is 11.1. The quantitative estimate of drug-likeness (QED) is 0.310. The summed E-state index contributed by atoms with van der Waals surface area (Å²) in [6.45, 7) is 3.64. The molecule has 0 aliphatic carbocycles. The van der Waals surface area contributed by atoms with Crippen LogP contribution in [0.15, 0.2) is 72.7 Å². The van der Waals surface area contributed by atoms with Gasteiger partial charge in [-0.3, -0.25) is 9.35 Å². The summed E-state index contributed by atoms with van der Waals surface area (Å²) < 4.78 is 39.8. The molecule has 3 N–H and O–H groups in total. The summed E-state index contributed by atoms with van der Waals surface area (Å²) in [5.74, 6) is 0.669.